The number of aryl methyl sites for hydroxylation is 2. The van der Waals surface area contributed by atoms with Gasteiger partial charge in [-0.05, 0) is 43.2 Å². The normalized spacial score (nSPS) is 10.4. The zero-order valence-electron chi connectivity index (χ0n) is 10.3. The van der Waals surface area contributed by atoms with Gasteiger partial charge >= 0.3 is 0 Å². The molecule has 0 unspecified atom stereocenters. The van der Waals surface area contributed by atoms with Crippen LogP contribution >= 0.6 is 11.6 Å². The van der Waals surface area contributed by atoms with Crippen molar-refractivity contribution in [3.63, 3.8) is 0 Å². The lowest BCUT2D eigenvalue weighted by molar-refractivity contribution is 0.290. The summed E-state index contributed by atoms with van der Waals surface area (Å²) in [5, 5.41) is 0.642. The van der Waals surface area contributed by atoms with Crippen LogP contribution in [0.4, 0.5) is 4.39 Å². The zero-order chi connectivity index (χ0) is 13.1. The topological polar surface area (TPSA) is 9.23 Å². The predicted octanol–water partition coefficient (Wildman–Crippen LogP) is 4.67. The summed E-state index contributed by atoms with van der Waals surface area (Å²) in [4.78, 5) is 0. The Bertz CT molecular complexity index is 566. The number of ether oxygens (including phenoxy) is 1. The van der Waals surface area contributed by atoms with Gasteiger partial charge in [0, 0.05) is 10.6 Å². The maximum atomic E-state index is 13.5. The highest BCUT2D eigenvalue weighted by Gasteiger charge is 2.06. The van der Waals surface area contributed by atoms with E-state index in [0.29, 0.717) is 5.02 Å². The molecule has 2 aromatic carbocycles. The van der Waals surface area contributed by atoms with Gasteiger partial charge in [-0.2, -0.15) is 0 Å². The molecule has 3 heteroatoms. The Kier molecular flexibility index (Phi) is 3.87. The van der Waals surface area contributed by atoms with Crippen molar-refractivity contribution in [1.29, 1.82) is 0 Å². The van der Waals surface area contributed by atoms with Gasteiger partial charge in [0.15, 0.2) is 11.6 Å². The lowest BCUT2D eigenvalue weighted by Gasteiger charge is -2.09. The summed E-state index contributed by atoms with van der Waals surface area (Å²) in [6.07, 6.45) is 0. The van der Waals surface area contributed by atoms with E-state index in [4.69, 9.17) is 16.3 Å². The molecule has 0 saturated heterocycles. The van der Waals surface area contributed by atoms with E-state index in [9.17, 15) is 4.39 Å². The fraction of sp³-hybridized carbons (Fsp3) is 0.200. The van der Waals surface area contributed by atoms with Crippen LogP contribution in [0.2, 0.25) is 5.02 Å². The molecule has 94 valence electrons. The molecule has 1 nitrogen and oxygen atoms in total. The van der Waals surface area contributed by atoms with Gasteiger partial charge in [0.25, 0.3) is 0 Å². The average molecular weight is 265 g/mol. The van der Waals surface area contributed by atoms with Crippen molar-refractivity contribution < 1.29 is 9.13 Å². The van der Waals surface area contributed by atoms with Gasteiger partial charge in [-0.3, -0.25) is 0 Å². The monoisotopic (exact) mass is 264 g/mol. The third kappa shape index (κ3) is 3.02. The van der Waals surface area contributed by atoms with Crippen molar-refractivity contribution in [3.8, 4) is 5.75 Å². The standard InChI is InChI=1S/C15H14ClFO/c1-10-3-5-12(13(16)7-10)9-18-15-8-11(2)4-6-14(15)17/h3-8H,9H2,1-2H3. The van der Waals surface area contributed by atoms with E-state index >= 15 is 0 Å². The first-order chi connectivity index (χ1) is 8.56. The molecule has 0 bridgehead atoms. The fourth-order valence-corrected chi connectivity index (χ4v) is 1.94. The lowest BCUT2D eigenvalue weighted by Crippen LogP contribution is -1.98. The van der Waals surface area contributed by atoms with E-state index in [2.05, 4.69) is 0 Å². The molecule has 2 aromatic rings. The van der Waals surface area contributed by atoms with Gasteiger partial charge in [-0.15, -0.1) is 0 Å². The van der Waals surface area contributed by atoms with Crippen molar-refractivity contribution in [2.75, 3.05) is 0 Å². The number of benzene rings is 2. The smallest absolute Gasteiger partial charge is 0.165 e. The van der Waals surface area contributed by atoms with Crippen molar-refractivity contribution in [1.82, 2.24) is 0 Å². The lowest BCUT2D eigenvalue weighted by atomic mass is 10.1. The first kappa shape index (κ1) is 12.9. The minimum atomic E-state index is -0.358. The van der Waals surface area contributed by atoms with Crippen molar-refractivity contribution >= 4 is 11.6 Å². The molecule has 0 aliphatic carbocycles. The molecule has 0 atom stereocenters. The van der Waals surface area contributed by atoms with Crippen LogP contribution in [0.15, 0.2) is 36.4 Å². The Morgan fingerprint density at radius 3 is 2.44 bits per heavy atom. The van der Waals surface area contributed by atoms with Gasteiger partial charge in [-0.25, -0.2) is 4.39 Å². The molecule has 0 heterocycles. The largest absolute Gasteiger partial charge is 0.486 e. The second-order valence-electron chi connectivity index (χ2n) is 4.32. The summed E-state index contributed by atoms with van der Waals surface area (Å²) in [6, 6.07) is 10.5. The molecular formula is C15H14ClFO. The fourth-order valence-electron chi connectivity index (χ4n) is 1.65. The van der Waals surface area contributed by atoms with Gasteiger partial charge in [0.2, 0.25) is 0 Å². The van der Waals surface area contributed by atoms with Gasteiger partial charge < -0.3 is 4.74 Å². The summed E-state index contributed by atoms with van der Waals surface area (Å²) < 4.78 is 18.9. The van der Waals surface area contributed by atoms with Gasteiger partial charge in [0.1, 0.15) is 6.61 Å². The Hall–Kier alpha value is -1.54. The summed E-state index contributed by atoms with van der Waals surface area (Å²) in [7, 11) is 0. The van der Waals surface area contributed by atoms with Gasteiger partial charge in [0.05, 0.1) is 0 Å². The third-order valence-corrected chi connectivity index (χ3v) is 3.03. The van der Waals surface area contributed by atoms with Crippen LogP contribution < -0.4 is 4.74 Å². The molecule has 0 radical (unpaired) electrons. The molecule has 0 N–H and O–H groups in total. The molecule has 0 fully saturated rings. The molecule has 0 spiro atoms. The minimum Gasteiger partial charge on any atom is -0.486 e. The summed E-state index contributed by atoms with van der Waals surface area (Å²) >= 11 is 6.09. The van der Waals surface area contributed by atoms with Crippen LogP contribution in [0.3, 0.4) is 0 Å². The molecular weight excluding hydrogens is 251 g/mol. The summed E-state index contributed by atoms with van der Waals surface area (Å²) in [5.41, 5.74) is 2.90. The van der Waals surface area contributed by atoms with Crippen LogP contribution in [0.1, 0.15) is 16.7 Å². The molecule has 2 rings (SSSR count). The second kappa shape index (κ2) is 5.40. The highest BCUT2D eigenvalue weighted by Crippen LogP contribution is 2.22. The number of hydrogen-bond donors (Lipinski definition) is 0. The third-order valence-electron chi connectivity index (χ3n) is 2.68. The van der Waals surface area contributed by atoms with E-state index in [-0.39, 0.29) is 18.2 Å². The Labute approximate surface area is 111 Å². The summed E-state index contributed by atoms with van der Waals surface area (Å²) in [5.74, 6) is -0.101. The first-order valence-corrected chi connectivity index (χ1v) is 6.08. The summed E-state index contributed by atoms with van der Waals surface area (Å²) in [6.45, 7) is 4.13. The second-order valence-corrected chi connectivity index (χ2v) is 4.72. The Balaban J connectivity index is 2.13. The highest BCUT2D eigenvalue weighted by molar-refractivity contribution is 6.31. The number of rotatable bonds is 3. The van der Waals surface area contributed by atoms with Crippen LogP contribution in [-0.2, 0) is 6.61 Å². The van der Waals surface area contributed by atoms with Crippen molar-refractivity contribution in [2.24, 2.45) is 0 Å². The van der Waals surface area contributed by atoms with E-state index < -0.39 is 0 Å². The molecule has 0 saturated carbocycles. The first-order valence-electron chi connectivity index (χ1n) is 5.70. The van der Waals surface area contributed by atoms with E-state index in [1.54, 1.807) is 12.1 Å². The zero-order valence-corrected chi connectivity index (χ0v) is 11.1. The van der Waals surface area contributed by atoms with E-state index in [1.165, 1.54) is 6.07 Å². The molecule has 0 aliphatic rings. The average Bonchev–Trinajstić information content (AvgIpc) is 2.32. The van der Waals surface area contributed by atoms with Gasteiger partial charge in [-0.1, -0.05) is 29.8 Å². The molecule has 18 heavy (non-hydrogen) atoms. The maximum absolute atomic E-state index is 13.5. The quantitative estimate of drug-likeness (QED) is 0.782. The minimum absolute atomic E-state index is 0.256. The van der Waals surface area contributed by atoms with Crippen molar-refractivity contribution in [2.45, 2.75) is 20.5 Å². The van der Waals surface area contributed by atoms with Crippen molar-refractivity contribution in [3.05, 3.63) is 63.9 Å². The predicted molar refractivity (Wildman–Crippen MR) is 71.7 cm³/mol. The highest BCUT2D eigenvalue weighted by atomic mass is 35.5. The van der Waals surface area contributed by atoms with Crippen LogP contribution in [-0.4, -0.2) is 0 Å². The SMILES string of the molecule is Cc1ccc(COc2cc(C)ccc2F)c(Cl)c1. The number of hydrogen-bond acceptors (Lipinski definition) is 1. The Morgan fingerprint density at radius 1 is 1.06 bits per heavy atom. The van der Waals surface area contributed by atoms with E-state index in [0.717, 1.165) is 16.7 Å². The Morgan fingerprint density at radius 2 is 1.72 bits per heavy atom. The number of halogens is 2. The van der Waals surface area contributed by atoms with Crippen LogP contribution in [0, 0.1) is 19.7 Å². The molecule has 0 amide bonds. The van der Waals surface area contributed by atoms with Crippen LogP contribution in [0.25, 0.3) is 0 Å². The van der Waals surface area contributed by atoms with Crippen LogP contribution in [0.5, 0.6) is 5.75 Å². The molecule has 0 aliphatic heterocycles. The molecule has 0 aromatic heterocycles. The van der Waals surface area contributed by atoms with E-state index in [1.807, 2.05) is 32.0 Å². The maximum Gasteiger partial charge on any atom is 0.165 e.